The first-order valence-electron chi connectivity index (χ1n) is 5.48. The average Bonchev–Trinajstić information content (AvgIpc) is 2.43. The summed E-state index contributed by atoms with van der Waals surface area (Å²) in [5.41, 5.74) is 6.18. The van der Waals surface area contributed by atoms with E-state index in [2.05, 4.69) is 10.1 Å². The number of oxime groups is 1. The van der Waals surface area contributed by atoms with Crippen molar-refractivity contribution < 1.29 is 14.3 Å². The molecule has 0 radical (unpaired) electrons. The summed E-state index contributed by atoms with van der Waals surface area (Å²) in [6, 6.07) is 7.63. The van der Waals surface area contributed by atoms with E-state index in [0.29, 0.717) is 17.1 Å². The van der Waals surface area contributed by atoms with Crippen LogP contribution in [-0.4, -0.2) is 16.0 Å². The number of ether oxygens (including phenoxy) is 1. The van der Waals surface area contributed by atoms with Crippen LogP contribution in [0.3, 0.4) is 0 Å². The van der Waals surface area contributed by atoms with Crippen molar-refractivity contribution in [3.05, 3.63) is 53.6 Å². The van der Waals surface area contributed by atoms with Gasteiger partial charge in [-0.1, -0.05) is 5.16 Å². The van der Waals surface area contributed by atoms with Gasteiger partial charge in [0.25, 0.3) is 0 Å². The van der Waals surface area contributed by atoms with Crippen molar-refractivity contribution in [3.63, 3.8) is 0 Å². The van der Waals surface area contributed by atoms with Crippen LogP contribution in [0, 0.1) is 12.7 Å². The third kappa shape index (κ3) is 2.79. The fourth-order valence-electron chi connectivity index (χ4n) is 1.52. The van der Waals surface area contributed by atoms with Crippen molar-refractivity contribution in [2.45, 2.75) is 6.92 Å². The van der Waals surface area contributed by atoms with Gasteiger partial charge in [0.2, 0.25) is 0 Å². The first kappa shape index (κ1) is 12.8. The molecule has 0 bridgehead atoms. The number of rotatable bonds is 3. The summed E-state index contributed by atoms with van der Waals surface area (Å²) in [5.74, 6) is 0.298. The van der Waals surface area contributed by atoms with E-state index in [-0.39, 0.29) is 17.3 Å². The number of aromatic nitrogens is 1. The van der Waals surface area contributed by atoms with Gasteiger partial charge in [0.15, 0.2) is 17.3 Å². The van der Waals surface area contributed by atoms with Crippen molar-refractivity contribution in [2.75, 3.05) is 0 Å². The Balaban J connectivity index is 2.35. The second-order valence-corrected chi connectivity index (χ2v) is 3.85. The van der Waals surface area contributed by atoms with Gasteiger partial charge in [-0.05, 0) is 42.8 Å². The average molecular weight is 261 g/mol. The maximum absolute atomic E-state index is 13.2. The van der Waals surface area contributed by atoms with E-state index in [9.17, 15) is 4.39 Å². The molecule has 0 aliphatic rings. The van der Waals surface area contributed by atoms with E-state index in [4.69, 9.17) is 15.7 Å². The molecule has 1 aromatic carbocycles. The highest BCUT2D eigenvalue weighted by atomic mass is 19.1. The number of nitrogens with zero attached hydrogens (tertiary/aromatic N) is 2. The van der Waals surface area contributed by atoms with Crippen molar-refractivity contribution in [2.24, 2.45) is 10.9 Å². The summed E-state index contributed by atoms with van der Waals surface area (Å²) in [6.45, 7) is 1.63. The van der Waals surface area contributed by atoms with Crippen LogP contribution >= 0.6 is 0 Å². The second kappa shape index (κ2) is 5.34. The van der Waals surface area contributed by atoms with Crippen LogP contribution < -0.4 is 10.5 Å². The minimum absolute atomic E-state index is 0.158. The zero-order chi connectivity index (χ0) is 13.8. The van der Waals surface area contributed by atoms with Gasteiger partial charge < -0.3 is 15.7 Å². The van der Waals surface area contributed by atoms with Crippen molar-refractivity contribution in [3.8, 4) is 11.5 Å². The van der Waals surface area contributed by atoms with Crippen LogP contribution in [0.15, 0.2) is 41.7 Å². The summed E-state index contributed by atoms with van der Waals surface area (Å²) in [6.07, 6.45) is 1.50. The van der Waals surface area contributed by atoms with Gasteiger partial charge in [0, 0.05) is 6.20 Å². The van der Waals surface area contributed by atoms with Crippen LogP contribution in [0.4, 0.5) is 4.39 Å². The standard InChI is InChI=1S/C13H12FN3O2/c1-8-7-9(4-5-10(8)14)19-11-3-2-6-16-12(11)13(15)17-18/h2-7,18H,1H3,(H2,15,17). The number of pyridine rings is 1. The quantitative estimate of drug-likeness (QED) is 0.385. The highest BCUT2D eigenvalue weighted by molar-refractivity contribution is 5.97. The maximum Gasteiger partial charge on any atom is 0.192 e. The highest BCUT2D eigenvalue weighted by Crippen LogP contribution is 2.25. The SMILES string of the molecule is Cc1cc(Oc2cccnc2/C(N)=N/O)ccc1F. The van der Waals surface area contributed by atoms with E-state index in [1.54, 1.807) is 25.1 Å². The molecule has 0 unspecified atom stereocenters. The lowest BCUT2D eigenvalue weighted by atomic mass is 10.2. The number of benzene rings is 1. The van der Waals surface area contributed by atoms with Gasteiger partial charge in [-0.3, -0.25) is 0 Å². The summed E-state index contributed by atoms with van der Waals surface area (Å²) in [7, 11) is 0. The van der Waals surface area contributed by atoms with Crippen molar-refractivity contribution in [1.82, 2.24) is 4.98 Å². The summed E-state index contributed by atoms with van der Waals surface area (Å²) < 4.78 is 18.7. The van der Waals surface area contributed by atoms with Crippen LogP contribution in [0.2, 0.25) is 0 Å². The molecule has 0 saturated heterocycles. The normalized spacial score (nSPS) is 11.4. The Morgan fingerprint density at radius 2 is 2.21 bits per heavy atom. The van der Waals surface area contributed by atoms with Gasteiger partial charge in [0.1, 0.15) is 11.6 Å². The molecule has 19 heavy (non-hydrogen) atoms. The molecule has 0 atom stereocenters. The topological polar surface area (TPSA) is 80.7 Å². The zero-order valence-corrected chi connectivity index (χ0v) is 10.2. The second-order valence-electron chi connectivity index (χ2n) is 3.85. The van der Waals surface area contributed by atoms with E-state index in [0.717, 1.165) is 0 Å². The first-order valence-corrected chi connectivity index (χ1v) is 5.48. The third-order valence-electron chi connectivity index (χ3n) is 2.48. The molecular formula is C13H12FN3O2. The Bertz CT molecular complexity index is 629. The molecule has 1 heterocycles. The molecule has 0 amide bonds. The molecule has 98 valence electrons. The van der Waals surface area contributed by atoms with Gasteiger partial charge in [-0.25, -0.2) is 9.37 Å². The molecule has 2 aromatic rings. The molecule has 0 aliphatic heterocycles. The summed E-state index contributed by atoms with van der Waals surface area (Å²) in [5, 5.41) is 11.6. The fourth-order valence-corrected chi connectivity index (χ4v) is 1.52. The molecule has 0 aliphatic carbocycles. The smallest absolute Gasteiger partial charge is 0.192 e. The van der Waals surface area contributed by atoms with Crippen LogP contribution in [-0.2, 0) is 0 Å². The van der Waals surface area contributed by atoms with Crippen LogP contribution in [0.25, 0.3) is 0 Å². The third-order valence-corrected chi connectivity index (χ3v) is 2.48. The van der Waals surface area contributed by atoms with Crippen LogP contribution in [0.1, 0.15) is 11.3 Å². The van der Waals surface area contributed by atoms with E-state index in [1.165, 1.54) is 18.3 Å². The molecule has 0 saturated carbocycles. The lowest BCUT2D eigenvalue weighted by Gasteiger charge is -2.09. The predicted molar refractivity (Wildman–Crippen MR) is 68.0 cm³/mol. The van der Waals surface area contributed by atoms with Gasteiger partial charge in [-0.15, -0.1) is 0 Å². The number of halogens is 1. The molecule has 5 nitrogen and oxygen atoms in total. The molecular weight excluding hydrogens is 249 g/mol. The Hall–Kier alpha value is -2.63. The summed E-state index contributed by atoms with van der Waals surface area (Å²) in [4.78, 5) is 3.97. The highest BCUT2D eigenvalue weighted by Gasteiger charge is 2.10. The molecule has 6 heteroatoms. The van der Waals surface area contributed by atoms with E-state index >= 15 is 0 Å². The molecule has 1 aromatic heterocycles. The Labute approximate surface area is 109 Å². The van der Waals surface area contributed by atoms with Gasteiger partial charge in [-0.2, -0.15) is 0 Å². The lowest BCUT2D eigenvalue weighted by Crippen LogP contribution is -2.15. The van der Waals surface area contributed by atoms with Gasteiger partial charge >= 0.3 is 0 Å². The molecule has 0 fully saturated rings. The zero-order valence-electron chi connectivity index (χ0n) is 10.2. The Kier molecular flexibility index (Phi) is 3.61. The van der Waals surface area contributed by atoms with Crippen molar-refractivity contribution >= 4 is 5.84 Å². The van der Waals surface area contributed by atoms with Crippen molar-refractivity contribution in [1.29, 1.82) is 0 Å². The fraction of sp³-hybridized carbons (Fsp3) is 0.0769. The van der Waals surface area contributed by atoms with E-state index in [1.807, 2.05) is 0 Å². The number of hydrogen-bond acceptors (Lipinski definition) is 4. The Morgan fingerprint density at radius 1 is 1.42 bits per heavy atom. The largest absolute Gasteiger partial charge is 0.455 e. The molecule has 2 rings (SSSR count). The van der Waals surface area contributed by atoms with E-state index < -0.39 is 0 Å². The molecule has 0 spiro atoms. The lowest BCUT2D eigenvalue weighted by molar-refractivity contribution is 0.318. The number of hydrogen-bond donors (Lipinski definition) is 2. The predicted octanol–water partition coefficient (Wildman–Crippen LogP) is 2.42. The number of nitrogens with two attached hydrogens (primary N) is 1. The van der Waals surface area contributed by atoms with Crippen LogP contribution in [0.5, 0.6) is 11.5 Å². The monoisotopic (exact) mass is 261 g/mol. The number of amidine groups is 1. The van der Waals surface area contributed by atoms with Gasteiger partial charge in [0.05, 0.1) is 0 Å². The number of aryl methyl sites for hydroxylation is 1. The molecule has 3 N–H and O–H groups in total. The maximum atomic E-state index is 13.2. The minimum Gasteiger partial charge on any atom is -0.455 e. The minimum atomic E-state index is -0.310. The summed E-state index contributed by atoms with van der Waals surface area (Å²) >= 11 is 0. The first-order chi connectivity index (χ1) is 9.11. The Morgan fingerprint density at radius 3 is 2.89 bits per heavy atom.